The van der Waals surface area contributed by atoms with Crippen molar-refractivity contribution in [2.75, 3.05) is 11.9 Å². The molecule has 0 aliphatic heterocycles. The number of hydrogen-bond acceptors (Lipinski definition) is 5. The molecule has 0 aliphatic rings. The molecule has 2 aromatic heterocycles. The third-order valence-corrected chi connectivity index (χ3v) is 4.84. The number of halogens is 2. The first-order valence-corrected chi connectivity index (χ1v) is 9.18. The van der Waals surface area contributed by atoms with Gasteiger partial charge in [0, 0.05) is 15.1 Å². The summed E-state index contributed by atoms with van der Waals surface area (Å²) in [5, 5.41) is 10.6. The first-order chi connectivity index (χ1) is 12.3. The van der Waals surface area contributed by atoms with Crippen molar-refractivity contribution in [3.63, 3.8) is 0 Å². The van der Waals surface area contributed by atoms with Crippen LogP contribution in [-0.2, 0) is 9.53 Å². The number of amides is 1. The van der Waals surface area contributed by atoms with Gasteiger partial charge in [-0.25, -0.2) is 4.79 Å². The summed E-state index contributed by atoms with van der Waals surface area (Å²) in [6.07, 6.45) is 1.58. The van der Waals surface area contributed by atoms with Crippen molar-refractivity contribution in [1.29, 1.82) is 0 Å². The molecule has 1 aromatic carbocycles. The number of carbonyl (C=O) groups is 2. The number of ether oxygens (including phenoxy) is 1. The van der Waals surface area contributed by atoms with Crippen LogP contribution < -0.4 is 5.32 Å². The standard InChI is InChI=1S/C17H14Br2N4O3/c1-9-5-12(18)16(13(19)6-9)20-15(24)8-26-17(25)11-3-4-14-22-21-10(2)23(14)7-11/h3-7H,8H2,1-2H3,(H,20,24). The Kier molecular flexibility index (Phi) is 5.38. The molecular weight excluding hydrogens is 468 g/mol. The first kappa shape index (κ1) is 18.5. The second-order valence-electron chi connectivity index (χ2n) is 5.62. The maximum Gasteiger partial charge on any atom is 0.340 e. The van der Waals surface area contributed by atoms with Crippen LogP contribution in [0.4, 0.5) is 5.69 Å². The van der Waals surface area contributed by atoms with E-state index in [9.17, 15) is 9.59 Å². The van der Waals surface area contributed by atoms with Gasteiger partial charge < -0.3 is 10.1 Å². The van der Waals surface area contributed by atoms with E-state index in [-0.39, 0.29) is 0 Å². The molecule has 134 valence electrons. The molecule has 3 aromatic rings. The van der Waals surface area contributed by atoms with Gasteiger partial charge in [-0.05, 0) is 75.5 Å². The molecule has 0 bridgehead atoms. The zero-order valence-corrected chi connectivity index (χ0v) is 17.1. The van der Waals surface area contributed by atoms with Crippen LogP contribution in [0.25, 0.3) is 5.65 Å². The Bertz CT molecular complexity index is 993. The molecule has 0 spiro atoms. The monoisotopic (exact) mass is 480 g/mol. The minimum absolute atomic E-state index is 0.311. The van der Waals surface area contributed by atoms with Gasteiger partial charge in [-0.15, -0.1) is 10.2 Å². The Labute approximate surface area is 166 Å². The molecule has 0 radical (unpaired) electrons. The normalized spacial score (nSPS) is 10.8. The molecular formula is C17H14Br2N4O3. The van der Waals surface area contributed by atoms with E-state index < -0.39 is 18.5 Å². The number of fused-ring (bicyclic) bond motifs is 1. The maximum atomic E-state index is 12.2. The van der Waals surface area contributed by atoms with E-state index in [2.05, 4.69) is 47.4 Å². The highest BCUT2D eigenvalue weighted by molar-refractivity contribution is 9.11. The third-order valence-electron chi connectivity index (χ3n) is 3.59. The highest BCUT2D eigenvalue weighted by atomic mass is 79.9. The van der Waals surface area contributed by atoms with Gasteiger partial charge in [-0.3, -0.25) is 9.20 Å². The zero-order chi connectivity index (χ0) is 18.8. The minimum Gasteiger partial charge on any atom is -0.452 e. The summed E-state index contributed by atoms with van der Waals surface area (Å²) in [7, 11) is 0. The van der Waals surface area contributed by atoms with Crippen LogP contribution in [0.15, 0.2) is 39.4 Å². The van der Waals surface area contributed by atoms with E-state index in [0.29, 0.717) is 22.7 Å². The Morgan fingerprint density at radius 1 is 1.15 bits per heavy atom. The van der Waals surface area contributed by atoms with E-state index in [1.165, 1.54) is 0 Å². The van der Waals surface area contributed by atoms with Gasteiger partial charge in [-0.2, -0.15) is 0 Å². The van der Waals surface area contributed by atoms with Crippen molar-refractivity contribution in [1.82, 2.24) is 14.6 Å². The van der Waals surface area contributed by atoms with Gasteiger partial charge in [-0.1, -0.05) is 0 Å². The van der Waals surface area contributed by atoms with Crippen LogP contribution in [-0.4, -0.2) is 33.1 Å². The van der Waals surface area contributed by atoms with Crippen LogP contribution in [0.1, 0.15) is 21.7 Å². The highest BCUT2D eigenvalue weighted by Crippen LogP contribution is 2.32. The van der Waals surface area contributed by atoms with E-state index >= 15 is 0 Å². The van der Waals surface area contributed by atoms with Gasteiger partial charge in [0.2, 0.25) is 0 Å². The number of benzene rings is 1. The van der Waals surface area contributed by atoms with Crippen molar-refractivity contribution in [3.8, 4) is 0 Å². The van der Waals surface area contributed by atoms with Gasteiger partial charge in [0.25, 0.3) is 5.91 Å². The Morgan fingerprint density at radius 3 is 2.54 bits per heavy atom. The number of pyridine rings is 1. The van der Waals surface area contributed by atoms with Gasteiger partial charge in [0.15, 0.2) is 12.3 Å². The van der Waals surface area contributed by atoms with Crippen LogP contribution in [0.5, 0.6) is 0 Å². The van der Waals surface area contributed by atoms with Crippen molar-refractivity contribution < 1.29 is 14.3 Å². The second-order valence-corrected chi connectivity index (χ2v) is 7.33. The lowest BCUT2D eigenvalue weighted by Gasteiger charge is -2.11. The van der Waals surface area contributed by atoms with Crippen molar-refractivity contribution >= 4 is 55.1 Å². The predicted octanol–water partition coefficient (Wildman–Crippen LogP) is 3.67. The van der Waals surface area contributed by atoms with Crippen LogP contribution in [0, 0.1) is 13.8 Å². The first-order valence-electron chi connectivity index (χ1n) is 7.59. The number of nitrogens with zero attached hydrogens (tertiary/aromatic N) is 3. The molecule has 1 amide bonds. The summed E-state index contributed by atoms with van der Waals surface area (Å²) in [5.41, 5.74) is 2.56. The number of aryl methyl sites for hydroxylation is 2. The van der Waals surface area contributed by atoms with E-state index in [1.807, 2.05) is 19.1 Å². The van der Waals surface area contributed by atoms with Crippen molar-refractivity contribution in [2.45, 2.75) is 13.8 Å². The molecule has 1 N–H and O–H groups in total. The number of hydrogen-bond donors (Lipinski definition) is 1. The minimum atomic E-state index is -0.600. The number of carbonyl (C=O) groups excluding carboxylic acids is 2. The molecule has 0 aliphatic carbocycles. The average molecular weight is 482 g/mol. The largest absolute Gasteiger partial charge is 0.452 e. The molecule has 0 fully saturated rings. The molecule has 9 heteroatoms. The molecule has 0 unspecified atom stereocenters. The second kappa shape index (κ2) is 7.55. The summed E-state index contributed by atoms with van der Waals surface area (Å²) >= 11 is 6.80. The van der Waals surface area contributed by atoms with Gasteiger partial charge >= 0.3 is 5.97 Å². The summed E-state index contributed by atoms with van der Waals surface area (Å²) in [5.74, 6) is -0.385. The van der Waals surface area contributed by atoms with Gasteiger partial charge in [0.1, 0.15) is 5.82 Å². The highest BCUT2D eigenvalue weighted by Gasteiger charge is 2.14. The van der Waals surface area contributed by atoms with Gasteiger partial charge in [0.05, 0.1) is 11.3 Å². The van der Waals surface area contributed by atoms with Crippen molar-refractivity contribution in [2.24, 2.45) is 0 Å². The molecule has 0 saturated carbocycles. The van der Waals surface area contributed by atoms with Crippen LogP contribution in [0.3, 0.4) is 0 Å². The number of aromatic nitrogens is 3. The van der Waals surface area contributed by atoms with E-state index in [4.69, 9.17) is 4.74 Å². The van der Waals surface area contributed by atoms with E-state index in [1.54, 1.807) is 29.7 Å². The molecule has 3 rings (SSSR count). The number of nitrogens with one attached hydrogen (secondary N) is 1. The number of esters is 1. The zero-order valence-electron chi connectivity index (χ0n) is 13.9. The smallest absolute Gasteiger partial charge is 0.340 e. The third kappa shape index (κ3) is 3.94. The lowest BCUT2D eigenvalue weighted by atomic mass is 10.2. The Balaban J connectivity index is 1.65. The number of rotatable bonds is 4. The summed E-state index contributed by atoms with van der Waals surface area (Å²) in [6, 6.07) is 7.00. The van der Waals surface area contributed by atoms with Crippen LogP contribution >= 0.6 is 31.9 Å². The van der Waals surface area contributed by atoms with E-state index in [0.717, 1.165) is 14.5 Å². The Morgan fingerprint density at radius 2 is 1.85 bits per heavy atom. The summed E-state index contributed by atoms with van der Waals surface area (Å²) < 4.78 is 8.24. The summed E-state index contributed by atoms with van der Waals surface area (Å²) in [6.45, 7) is 3.32. The Hall–Kier alpha value is -2.26. The fraction of sp³-hybridized carbons (Fsp3) is 0.176. The molecule has 0 saturated heterocycles. The predicted molar refractivity (Wildman–Crippen MR) is 103 cm³/mol. The molecule has 7 nitrogen and oxygen atoms in total. The average Bonchev–Trinajstić information content (AvgIpc) is 2.96. The fourth-order valence-electron chi connectivity index (χ4n) is 2.34. The maximum absolute atomic E-state index is 12.2. The van der Waals surface area contributed by atoms with Crippen molar-refractivity contribution in [3.05, 3.63) is 56.4 Å². The molecule has 2 heterocycles. The quantitative estimate of drug-likeness (QED) is 0.574. The lowest BCUT2D eigenvalue weighted by Crippen LogP contribution is -2.21. The topological polar surface area (TPSA) is 85.6 Å². The van der Waals surface area contributed by atoms with Crippen LogP contribution in [0.2, 0.25) is 0 Å². The SMILES string of the molecule is Cc1cc(Br)c(NC(=O)COC(=O)c2ccc3nnc(C)n3c2)c(Br)c1. The number of anilines is 1. The summed E-state index contributed by atoms with van der Waals surface area (Å²) in [4.78, 5) is 24.3. The molecule has 26 heavy (non-hydrogen) atoms. The lowest BCUT2D eigenvalue weighted by molar-refractivity contribution is -0.119. The molecule has 0 atom stereocenters. The fourth-order valence-corrected chi connectivity index (χ4v) is 3.95.